The molecule has 2 heterocycles. The van der Waals surface area contributed by atoms with E-state index in [4.69, 9.17) is 9.15 Å². The number of hydrogen-bond donors (Lipinski definition) is 1. The molecule has 0 radical (unpaired) electrons. The molecule has 0 aliphatic carbocycles. The average Bonchev–Trinajstić information content (AvgIpc) is 3.15. The molecule has 1 atom stereocenters. The molecule has 176 valence electrons. The molecule has 1 unspecified atom stereocenters. The van der Waals surface area contributed by atoms with Gasteiger partial charge in [-0.25, -0.2) is 4.39 Å². The van der Waals surface area contributed by atoms with E-state index in [9.17, 15) is 19.1 Å². The van der Waals surface area contributed by atoms with E-state index in [0.29, 0.717) is 6.54 Å². The highest BCUT2D eigenvalue weighted by molar-refractivity contribution is 5.94. The van der Waals surface area contributed by atoms with Crippen molar-refractivity contribution >= 4 is 11.8 Å². The van der Waals surface area contributed by atoms with E-state index in [1.54, 1.807) is 36.9 Å². The van der Waals surface area contributed by atoms with Crippen LogP contribution in [0.15, 0.2) is 40.8 Å². The van der Waals surface area contributed by atoms with Crippen molar-refractivity contribution in [2.75, 3.05) is 19.6 Å². The van der Waals surface area contributed by atoms with Gasteiger partial charge in [0.1, 0.15) is 18.0 Å². The van der Waals surface area contributed by atoms with Crippen LogP contribution in [0.1, 0.15) is 49.6 Å². The van der Waals surface area contributed by atoms with Crippen molar-refractivity contribution < 1.29 is 28.2 Å². The van der Waals surface area contributed by atoms with Gasteiger partial charge in [0.25, 0.3) is 5.91 Å². The number of carbonyl (C=O) groups is 2. The molecular weight excluding hydrogens is 427 g/mol. The zero-order valence-electron chi connectivity index (χ0n) is 19.3. The van der Waals surface area contributed by atoms with Crippen LogP contribution in [0.2, 0.25) is 0 Å². The number of amides is 2. The van der Waals surface area contributed by atoms with Crippen LogP contribution in [0.3, 0.4) is 0 Å². The number of benzene rings is 1. The monoisotopic (exact) mass is 456 g/mol. The fourth-order valence-corrected chi connectivity index (χ4v) is 3.39. The Balaban J connectivity index is 1.76. The lowest BCUT2D eigenvalue weighted by Gasteiger charge is -2.27. The summed E-state index contributed by atoms with van der Waals surface area (Å²) in [6, 6.07) is 8.99. The summed E-state index contributed by atoms with van der Waals surface area (Å²) in [7, 11) is 0. The average molecular weight is 457 g/mol. The molecule has 8 heteroatoms. The van der Waals surface area contributed by atoms with Crippen molar-refractivity contribution in [2.24, 2.45) is 0 Å². The van der Waals surface area contributed by atoms with Gasteiger partial charge in [-0.05, 0) is 63.4 Å². The third kappa shape index (κ3) is 6.91. The second-order valence-electron chi connectivity index (χ2n) is 8.86. The highest BCUT2D eigenvalue weighted by atomic mass is 19.1. The van der Waals surface area contributed by atoms with Crippen LogP contribution in [0.4, 0.5) is 4.39 Å². The summed E-state index contributed by atoms with van der Waals surface area (Å²) in [6.45, 7) is 7.57. The first-order valence-electron chi connectivity index (χ1n) is 10.8. The zero-order chi connectivity index (χ0) is 24.2. The minimum atomic E-state index is -1.19. The van der Waals surface area contributed by atoms with Crippen LogP contribution in [-0.2, 0) is 16.1 Å². The lowest BCUT2D eigenvalue weighted by Crippen LogP contribution is -2.42. The molecule has 2 amide bonds. The Hall–Kier alpha value is -3.15. The van der Waals surface area contributed by atoms with Gasteiger partial charge in [-0.15, -0.1) is 0 Å². The van der Waals surface area contributed by atoms with Crippen LogP contribution >= 0.6 is 0 Å². The SMILES string of the molecule is CC(C)N1CC(OCc2ccc(F)cc2)CN(C(=O)c2ccc(C#CC(C)(C)O)o2)CC1=O. The Morgan fingerprint density at radius 1 is 1.24 bits per heavy atom. The zero-order valence-corrected chi connectivity index (χ0v) is 19.3. The van der Waals surface area contributed by atoms with Gasteiger partial charge in [0, 0.05) is 19.1 Å². The second-order valence-corrected chi connectivity index (χ2v) is 8.86. The summed E-state index contributed by atoms with van der Waals surface area (Å²) in [6.07, 6.45) is -0.433. The Bertz CT molecular complexity index is 1040. The van der Waals surface area contributed by atoms with Gasteiger partial charge in [-0.1, -0.05) is 18.1 Å². The summed E-state index contributed by atoms with van der Waals surface area (Å²) in [5, 5.41) is 9.74. The van der Waals surface area contributed by atoms with Crippen LogP contribution in [0.25, 0.3) is 0 Å². The van der Waals surface area contributed by atoms with Gasteiger partial charge in [0.15, 0.2) is 11.5 Å². The molecule has 0 bridgehead atoms. The first-order chi connectivity index (χ1) is 15.5. The Labute approximate surface area is 193 Å². The molecule has 1 aliphatic rings. The molecule has 7 nitrogen and oxygen atoms in total. The minimum Gasteiger partial charge on any atom is -0.443 e. The molecule has 2 aromatic rings. The fraction of sp³-hybridized carbons (Fsp3) is 0.440. The molecule has 1 N–H and O–H groups in total. The summed E-state index contributed by atoms with van der Waals surface area (Å²) in [5.74, 6) is 4.67. The van der Waals surface area contributed by atoms with Crippen molar-refractivity contribution in [3.63, 3.8) is 0 Å². The number of nitrogens with zero attached hydrogens (tertiary/aromatic N) is 2. The van der Waals surface area contributed by atoms with E-state index < -0.39 is 17.6 Å². The van der Waals surface area contributed by atoms with E-state index in [-0.39, 0.29) is 49.0 Å². The first-order valence-corrected chi connectivity index (χ1v) is 10.8. The summed E-state index contributed by atoms with van der Waals surface area (Å²) >= 11 is 0. The van der Waals surface area contributed by atoms with Gasteiger partial charge in [-0.2, -0.15) is 0 Å². The fourth-order valence-electron chi connectivity index (χ4n) is 3.39. The summed E-state index contributed by atoms with van der Waals surface area (Å²) in [4.78, 5) is 29.0. The normalized spacial score (nSPS) is 17.1. The van der Waals surface area contributed by atoms with E-state index in [2.05, 4.69) is 11.8 Å². The third-order valence-electron chi connectivity index (χ3n) is 5.09. The smallest absolute Gasteiger partial charge is 0.290 e. The van der Waals surface area contributed by atoms with Crippen LogP contribution < -0.4 is 0 Å². The van der Waals surface area contributed by atoms with E-state index in [1.165, 1.54) is 23.1 Å². The molecule has 0 spiro atoms. The molecule has 3 rings (SSSR count). The molecular formula is C25H29FN2O5. The first kappa shape index (κ1) is 24.5. The number of rotatable bonds is 5. The predicted octanol–water partition coefficient (Wildman–Crippen LogP) is 2.82. The number of aliphatic hydroxyl groups is 1. The molecule has 1 saturated heterocycles. The lowest BCUT2D eigenvalue weighted by molar-refractivity contribution is -0.133. The molecule has 1 fully saturated rings. The van der Waals surface area contributed by atoms with Crippen molar-refractivity contribution in [2.45, 2.75) is 52.0 Å². The van der Waals surface area contributed by atoms with E-state index >= 15 is 0 Å². The van der Waals surface area contributed by atoms with Crippen molar-refractivity contribution in [1.29, 1.82) is 0 Å². The quantitative estimate of drug-likeness (QED) is 0.700. The van der Waals surface area contributed by atoms with Crippen molar-refractivity contribution in [3.05, 3.63) is 59.3 Å². The van der Waals surface area contributed by atoms with Crippen LogP contribution in [0, 0.1) is 17.7 Å². The van der Waals surface area contributed by atoms with Gasteiger partial charge in [0.05, 0.1) is 12.7 Å². The number of carbonyl (C=O) groups excluding carboxylic acids is 2. The third-order valence-corrected chi connectivity index (χ3v) is 5.09. The lowest BCUT2D eigenvalue weighted by atomic mass is 10.1. The summed E-state index contributed by atoms with van der Waals surface area (Å²) < 4.78 is 24.7. The van der Waals surface area contributed by atoms with Gasteiger partial charge >= 0.3 is 0 Å². The van der Waals surface area contributed by atoms with Crippen molar-refractivity contribution in [3.8, 4) is 11.8 Å². The topological polar surface area (TPSA) is 83.2 Å². The van der Waals surface area contributed by atoms with Gasteiger partial charge in [0.2, 0.25) is 5.91 Å². The van der Waals surface area contributed by atoms with E-state index in [0.717, 1.165) is 5.56 Å². The maximum Gasteiger partial charge on any atom is 0.290 e. The number of ether oxygens (including phenoxy) is 1. The van der Waals surface area contributed by atoms with Crippen LogP contribution in [-0.4, -0.2) is 64.1 Å². The largest absolute Gasteiger partial charge is 0.443 e. The van der Waals surface area contributed by atoms with E-state index in [1.807, 2.05) is 13.8 Å². The molecule has 1 aromatic heterocycles. The molecule has 33 heavy (non-hydrogen) atoms. The number of halogens is 1. The predicted molar refractivity (Wildman–Crippen MR) is 120 cm³/mol. The van der Waals surface area contributed by atoms with Crippen LogP contribution in [0.5, 0.6) is 0 Å². The Kier molecular flexibility index (Phi) is 7.57. The standard InChI is InChI=1S/C25H29FN2O5/c1-17(2)28-14-21(32-16-18-5-7-19(26)8-6-18)13-27(15-23(28)29)24(30)22-10-9-20(33-22)11-12-25(3,4)31/h5-10,17,21,31H,13-16H2,1-4H3. The van der Waals surface area contributed by atoms with Crippen molar-refractivity contribution in [1.82, 2.24) is 9.80 Å². The molecule has 1 aliphatic heterocycles. The van der Waals surface area contributed by atoms with Gasteiger partial charge in [-0.3, -0.25) is 9.59 Å². The van der Waals surface area contributed by atoms with Gasteiger partial charge < -0.3 is 24.1 Å². The minimum absolute atomic E-state index is 0.0538. The second kappa shape index (κ2) is 10.2. The maximum absolute atomic E-state index is 13.2. The molecule has 0 saturated carbocycles. The number of furan rings is 1. The summed E-state index contributed by atoms with van der Waals surface area (Å²) in [5.41, 5.74) is -0.397. The highest BCUT2D eigenvalue weighted by Crippen LogP contribution is 2.17. The highest BCUT2D eigenvalue weighted by Gasteiger charge is 2.33. The number of hydrogen-bond acceptors (Lipinski definition) is 5. The molecule has 1 aromatic carbocycles. The Morgan fingerprint density at radius 3 is 2.58 bits per heavy atom. The maximum atomic E-state index is 13.2. The Morgan fingerprint density at radius 2 is 1.94 bits per heavy atom.